The first-order valence-electron chi connectivity index (χ1n) is 7.99. The number of carbonyl (C=O) groups is 3. The van der Waals surface area contributed by atoms with E-state index < -0.39 is 11.9 Å². The summed E-state index contributed by atoms with van der Waals surface area (Å²) in [6.45, 7) is 4.19. The molecule has 4 amide bonds. The van der Waals surface area contributed by atoms with E-state index in [9.17, 15) is 14.4 Å². The van der Waals surface area contributed by atoms with Crippen LogP contribution in [-0.2, 0) is 9.59 Å². The lowest BCUT2D eigenvalue weighted by Gasteiger charge is -2.33. The summed E-state index contributed by atoms with van der Waals surface area (Å²) >= 11 is 0. The molecule has 0 saturated carbocycles. The second-order valence-corrected chi connectivity index (χ2v) is 5.85. The highest BCUT2D eigenvalue weighted by molar-refractivity contribution is 6.01. The number of hydrogen-bond donors (Lipinski definition) is 2. The fraction of sp³-hybridized carbons (Fsp3) is 0.438. The van der Waals surface area contributed by atoms with E-state index in [0.717, 1.165) is 0 Å². The molecule has 2 aliphatic rings. The topological polar surface area (TPSA) is 100 Å². The average molecular weight is 348 g/mol. The first-order valence-corrected chi connectivity index (χ1v) is 7.99. The first-order chi connectivity index (χ1) is 12.0. The van der Waals surface area contributed by atoms with Crippen LogP contribution in [0.3, 0.4) is 0 Å². The zero-order valence-corrected chi connectivity index (χ0v) is 13.9. The first kappa shape index (κ1) is 17.0. The Morgan fingerprint density at radius 2 is 1.80 bits per heavy atom. The van der Waals surface area contributed by atoms with Crippen molar-refractivity contribution in [2.45, 2.75) is 6.92 Å². The normalized spacial score (nSPS) is 16.4. The highest BCUT2D eigenvalue weighted by Crippen LogP contribution is 2.34. The van der Waals surface area contributed by atoms with Gasteiger partial charge in [-0.3, -0.25) is 19.8 Å². The number of ether oxygens (including phenoxy) is 2. The van der Waals surface area contributed by atoms with Gasteiger partial charge in [0.05, 0.1) is 6.54 Å². The van der Waals surface area contributed by atoms with E-state index in [1.54, 1.807) is 23.1 Å². The molecule has 3 rings (SSSR count). The molecule has 2 N–H and O–H groups in total. The highest BCUT2D eigenvalue weighted by Gasteiger charge is 2.21. The average Bonchev–Trinajstić information content (AvgIpc) is 3.02. The molecule has 0 aromatic heterocycles. The molecule has 25 heavy (non-hydrogen) atoms. The van der Waals surface area contributed by atoms with Gasteiger partial charge in [0, 0.05) is 44.9 Å². The fourth-order valence-corrected chi connectivity index (χ4v) is 2.73. The summed E-state index contributed by atoms with van der Waals surface area (Å²) in [4.78, 5) is 38.8. The number of rotatable bonds is 3. The quantitative estimate of drug-likeness (QED) is 0.811. The number of urea groups is 1. The van der Waals surface area contributed by atoms with Crippen molar-refractivity contribution in [1.82, 2.24) is 15.1 Å². The Hall–Kier alpha value is -2.81. The molecule has 134 valence electrons. The lowest BCUT2D eigenvalue weighted by molar-refractivity contribution is -0.130. The van der Waals surface area contributed by atoms with Crippen LogP contribution in [0.4, 0.5) is 10.5 Å². The molecule has 0 radical (unpaired) electrons. The second-order valence-electron chi connectivity index (χ2n) is 5.85. The van der Waals surface area contributed by atoms with Crippen molar-refractivity contribution in [3.05, 3.63) is 18.2 Å². The van der Waals surface area contributed by atoms with Crippen LogP contribution in [0.1, 0.15) is 6.92 Å². The minimum Gasteiger partial charge on any atom is -0.454 e. The summed E-state index contributed by atoms with van der Waals surface area (Å²) in [7, 11) is 0. The number of anilines is 1. The molecule has 0 unspecified atom stereocenters. The molecule has 1 aromatic carbocycles. The summed E-state index contributed by atoms with van der Waals surface area (Å²) in [6, 6.07) is 4.38. The summed E-state index contributed by atoms with van der Waals surface area (Å²) in [5.41, 5.74) is 0.504. The molecule has 1 fully saturated rings. The fourth-order valence-electron chi connectivity index (χ4n) is 2.73. The van der Waals surface area contributed by atoms with Gasteiger partial charge < -0.3 is 19.7 Å². The third-order valence-corrected chi connectivity index (χ3v) is 4.07. The van der Waals surface area contributed by atoms with Gasteiger partial charge in [0.1, 0.15) is 0 Å². The smallest absolute Gasteiger partial charge is 0.325 e. The van der Waals surface area contributed by atoms with Gasteiger partial charge in [-0.15, -0.1) is 0 Å². The molecule has 1 aromatic rings. The molecule has 2 aliphatic heterocycles. The molecular formula is C16H20N4O5. The van der Waals surface area contributed by atoms with Crippen LogP contribution < -0.4 is 20.1 Å². The van der Waals surface area contributed by atoms with Crippen molar-refractivity contribution in [1.29, 1.82) is 0 Å². The number of piperazine rings is 1. The summed E-state index contributed by atoms with van der Waals surface area (Å²) in [5.74, 6) is 0.806. The highest BCUT2D eigenvalue weighted by atomic mass is 16.7. The molecule has 0 aliphatic carbocycles. The standard InChI is InChI=1S/C16H20N4O5/c1-11(21)20-6-4-19(5-7-20)9-15(22)18-16(23)17-12-2-3-13-14(8-12)25-10-24-13/h2-3,8H,4-7,9-10H2,1H3,(H2,17,18,22,23). The molecule has 0 atom stereocenters. The van der Waals surface area contributed by atoms with Crippen molar-refractivity contribution in [2.75, 3.05) is 44.8 Å². The van der Waals surface area contributed by atoms with Gasteiger partial charge in [0.25, 0.3) is 0 Å². The Balaban J connectivity index is 1.43. The summed E-state index contributed by atoms with van der Waals surface area (Å²) in [6.07, 6.45) is 0. The second kappa shape index (κ2) is 7.39. The molecule has 9 heteroatoms. The van der Waals surface area contributed by atoms with Crippen LogP contribution in [0.2, 0.25) is 0 Å². The largest absolute Gasteiger partial charge is 0.454 e. The molecule has 9 nitrogen and oxygen atoms in total. The Morgan fingerprint density at radius 1 is 1.08 bits per heavy atom. The molecule has 1 saturated heterocycles. The minimum absolute atomic E-state index is 0.0344. The Labute approximate surface area is 144 Å². The third kappa shape index (κ3) is 4.38. The van der Waals surface area contributed by atoms with Gasteiger partial charge in [-0.05, 0) is 12.1 Å². The van der Waals surface area contributed by atoms with E-state index in [2.05, 4.69) is 10.6 Å². The lowest BCUT2D eigenvalue weighted by atomic mass is 10.3. The van der Waals surface area contributed by atoms with Crippen molar-refractivity contribution >= 4 is 23.5 Å². The predicted octanol–water partition coefficient (Wildman–Crippen LogP) is 0.228. The SMILES string of the molecule is CC(=O)N1CCN(CC(=O)NC(=O)Nc2ccc3c(c2)OCO3)CC1. The Morgan fingerprint density at radius 3 is 2.52 bits per heavy atom. The zero-order valence-electron chi connectivity index (χ0n) is 13.9. The van der Waals surface area contributed by atoms with E-state index >= 15 is 0 Å². The van der Waals surface area contributed by atoms with E-state index in [1.165, 1.54) is 6.92 Å². The van der Waals surface area contributed by atoms with E-state index in [4.69, 9.17) is 9.47 Å². The maximum atomic E-state index is 12.0. The van der Waals surface area contributed by atoms with Crippen molar-refractivity contribution < 1.29 is 23.9 Å². The van der Waals surface area contributed by atoms with Gasteiger partial charge in [0.2, 0.25) is 18.6 Å². The minimum atomic E-state index is -0.605. The van der Waals surface area contributed by atoms with E-state index in [-0.39, 0.29) is 19.2 Å². The van der Waals surface area contributed by atoms with Crippen molar-refractivity contribution in [3.8, 4) is 11.5 Å². The van der Waals surface area contributed by atoms with E-state index in [0.29, 0.717) is 43.4 Å². The number of amides is 4. The number of benzene rings is 1. The van der Waals surface area contributed by atoms with Gasteiger partial charge in [-0.25, -0.2) is 4.79 Å². The van der Waals surface area contributed by atoms with Crippen LogP contribution >= 0.6 is 0 Å². The number of imide groups is 1. The van der Waals surface area contributed by atoms with Crippen LogP contribution in [0.25, 0.3) is 0 Å². The zero-order chi connectivity index (χ0) is 17.8. The van der Waals surface area contributed by atoms with Crippen LogP contribution in [0.15, 0.2) is 18.2 Å². The van der Waals surface area contributed by atoms with Crippen molar-refractivity contribution in [3.63, 3.8) is 0 Å². The summed E-state index contributed by atoms with van der Waals surface area (Å²) in [5, 5.41) is 4.88. The molecule has 0 bridgehead atoms. The molecular weight excluding hydrogens is 328 g/mol. The third-order valence-electron chi connectivity index (χ3n) is 4.07. The van der Waals surface area contributed by atoms with E-state index in [1.807, 2.05) is 4.90 Å². The van der Waals surface area contributed by atoms with Gasteiger partial charge in [0.15, 0.2) is 11.5 Å². The van der Waals surface area contributed by atoms with Crippen molar-refractivity contribution in [2.24, 2.45) is 0 Å². The maximum Gasteiger partial charge on any atom is 0.325 e. The monoisotopic (exact) mass is 348 g/mol. The van der Waals surface area contributed by atoms with Crippen LogP contribution in [-0.4, -0.2) is 67.2 Å². The van der Waals surface area contributed by atoms with Gasteiger partial charge >= 0.3 is 6.03 Å². The number of hydrogen-bond acceptors (Lipinski definition) is 6. The number of carbonyl (C=O) groups excluding carboxylic acids is 3. The van der Waals surface area contributed by atoms with Gasteiger partial charge in [-0.1, -0.05) is 0 Å². The maximum absolute atomic E-state index is 12.0. The Kier molecular flexibility index (Phi) is 5.03. The lowest BCUT2D eigenvalue weighted by Crippen LogP contribution is -2.51. The number of nitrogens with zero attached hydrogens (tertiary/aromatic N) is 2. The van der Waals surface area contributed by atoms with Gasteiger partial charge in [-0.2, -0.15) is 0 Å². The molecule has 0 spiro atoms. The van der Waals surface area contributed by atoms with Crippen LogP contribution in [0, 0.1) is 0 Å². The molecule has 2 heterocycles. The predicted molar refractivity (Wildman–Crippen MR) is 88.4 cm³/mol. The summed E-state index contributed by atoms with van der Waals surface area (Å²) < 4.78 is 10.4. The number of fused-ring (bicyclic) bond motifs is 1. The van der Waals surface area contributed by atoms with Crippen LogP contribution in [0.5, 0.6) is 11.5 Å². The number of nitrogens with one attached hydrogen (secondary N) is 2. The Bertz CT molecular complexity index is 685.